The van der Waals surface area contributed by atoms with E-state index in [9.17, 15) is 26.8 Å². The maximum atomic E-state index is 13.0. The van der Waals surface area contributed by atoms with Crippen LogP contribution in [0.25, 0.3) is 66.6 Å². The average molecular weight is 1890 g/mol. The first-order chi connectivity index (χ1) is 62.9. The van der Waals surface area contributed by atoms with Gasteiger partial charge < -0.3 is 72.4 Å². The number of esters is 1. The first-order valence-corrected chi connectivity index (χ1v) is 47.0. The van der Waals surface area contributed by atoms with Gasteiger partial charge in [0.1, 0.15) is 51.1 Å². The van der Waals surface area contributed by atoms with Crippen molar-refractivity contribution in [3.63, 3.8) is 0 Å². The van der Waals surface area contributed by atoms with Crippen molar-refractivity contribution in [2.24, 2.45) is 5.73 Å². The monoisotopic (exact) mass is 1890 g/mol. The van der Waals surface area contributed by atoms with Gasteiger partial charge >= 0.3 is 12.1 Å². The van der Waals surface area contributed by atoms with Crippen LogP contribution in [0.4, 0.5) is 19.3 Å². The highest BCUT2D eigenvalue weighted by Gasteiger charge is 2.18. The number of halogens is 3. The largest absolute Gasteiger partial charge is 0.506 e. The van der Waals surface area contributed by atoms with Crippen molar-refractivity contribution in [2.75, 3.05) is 32.0 Å². The molecule has 30 heteroatoms. The van der Waals surface area contributed by atoms with E-state index in [0.717, 1.165) is 243 Å². The molecule has 26 nitrogen and oxygen atoms in total. The van der Waals surface area contributed by atoms with Crippen LogP contribution in [0.1, 0.15) is 226 Å². The molecule has 0 aliphatic carbocycles. The summed E-state index contributed by atoms with van der Waals surface area (Å²) in [5.41, 5.74) is 29.5. The third-order valence-corrected chi connectivity index (χ3v) is 20.9. The first-order valence-electron chi connectivity index (χ1n) is 44.5. The number of nitrogens with zero attached hydrogens (tertiary/aromatic N) is 6. The summed E-state index contributed by atoms with van der Waals surface area (Å²) >= 11 is 3.43. The lowest BCUT2D eigenvalue weighted by Gasteiger charge is -2.20. The zero-order chi connectivity index (χ0) is 95.3. The fourth-order valence-electron chi connectivity index (χ4n) is 12.1. The van der Waals surface area contributed by atoms with Gasteiger partial charge in [-0.1, -0.05) is 156 Å². The first kappa shape index (κ1) is 107. The fraction of sp³-hybridized carbons (Fsp3) is 0.406. The number of ether oxygens (including phenoxy) is 4. The van der Waals surface area contributed by atoms with E-state index in [-0.39, 0.29) is 56.1 Å². The summed E-state index contributed by atoms with van der Waals surface area (Å²) in [5, 5.41) is 21.3. The van der Waals surface area contributed by atoms with E-state index in [1.807, 2.05) is 117 Å². The van der Waals surface area contributed by atoms with Crippen molar-refractivity contribution in [1.82, 2.24) is 35.2 Å². The van der Waals surface area contributed by atoms with Gasteiger partial charge in [0.15, 0.2) is 68.8 Å². The number of hydrogen-bond acceptors (Lipinski definition) is 24. The minimum atomic E-state index is -4.02. The lowest BCUT2D eigenvalue weighted by Crippen LogP contribution is -2.34. The number of alkyl carbamates (subject to hydrolysis) is 1. The maximum absolute atomic E-state index is 13.0. The van der Waals surface area contributed by atoms with Crippen LogP contribution >= 0.6 is 15.9 Å². The minimum Gasteiger partial charge on any atom is -0.506 e. The zero-order valence-electron chi connectivity index (χ0n) is 77.6. The minimum absolute atomic E-state index is 0.0212. The van der Waals surface area contributed by atoms with Gasteiger partial charge in [0.25, 0.3) is 10.1 Å². The van der Waals surface area contributed by atoms with Gasteiger partial charge in [0.2, 0.25) is 0 Å². The highest BCUT2D eigenvalue weighted by molar-refractivity contribution is 9.08. The van der Waals surface area contributed by atoms with Gasteiger partial charge in [-0.15, -0.1) is 0 Å². The van der Waals surface area contributed by atoms with Gasteiger partial charge in [-0.05, 0) is 222 Å². The van der Waals surface area contributed by atoms with Crippen LogP contribution in [0.5, 0.6) is 5.75 Å². The summed E-state index contributed by atoms with van der Waals surface area (Å²) in [6, 6.07) is 46.2. The standard InChI is InChI=1S/C21H29FN2O4.C16H21FN2O2.C14H17NO3.C12H14BrNO.C12H15NO2.C12H15NO.C7H9NO.C7H8O3S/c1-5-6-7-19-24-17-9-8-15(10-18(17)27-19)13-26-14-16(11-22)12-23-20(25)28-21(2,3)4;1-2-3-4-16-19-14-6-5-12(7-15(14)21-16)10-20-11-13(8-17)9-18;1-3-4-5-14-15-12-7-6-11(8-13(12)18-14)9-17-10(2)16;1-2-3-4-12-14-10-6-5-9(8-13)7-11(10)15-12;1-2-3-4-12-13-10-6-5-9(8-14)7-11(10)15-12;1-3-4-5-12-13-10-7-6-9(2)8-11(10)14-12;1-5-2-3-6(8)7(9)4-5;1-6-2-4-7(5-3-6)11(8,9)10/h8-11H,5-7,12-14H2,1-4H3,(H,23,25);5-8H,2-4,9-11,18H2,1H3;6-8H,3-5,9H2,1-2H3;5-7H,2-4,8H2,1H3;5-7,14H,2-4,8H2,1H3;6-8H,3-5H2,1-2H3;2-4,9H,8H2,1H3;2-5H,1H3,(H,8,9,10)/b16-11+;13-8+;;;;;;. The average Bonchev–Trinajstić information content (AvgIpc) is 1.70. The van der Waals surface area contributed by atoms with Gasteiger partial charge in [-0.2, -0.15) is 8.42 Å². The molecule has 8 N–H and O–H groups in total. The Bertz CT molecular complexity index is 5910. The van der Waals surface area contributed by atoms with Gasteiger partial charge in [-0.3, -0.25) is 9.35 Å². The molecule has 6 heterocycles. The number of alkyl halides is 1. The number of aromatic nitrogens is 6. The molecule has 0 radical (unpaired) electrons. The normalized spacial score (nSPS) is 11.4. The second-order valence-corrected chi connectivity index (χ2v) is 34.2. The molecule has 706 valence electrons. The van der Waals surface area contributed by atoms with Gasteiger partial charge in [0, 0.05) is 69.4 Å². The number of oxazole rings is 6. The number of phenolic OH excluding ortho intramolecular Hbond substituents is 1. The molecule has 1 amide bonds. The van der Waals surface area contributed by atoms with Crippen LogP contribution < -0.4 is 16.8 Å². The van der Waals surface area contributed by atoms with E-state index in [2.05, 4.69) is 112 Å². The lowest BCUT2D eigenvalue weighted by molar-refractivity contribution is -0.142. The smallest absolute Gasteiger partial charge is 0.407 e. The van der Waals surface area contributed by atoms with Crippen LogP contribution in [0.15, 0.2) is 207 Å². The van der Waals surface area contributed by atoms with Crippen molar-refractivity contribution < 1.29 is 87.0 Å². The molecule has 6 aromatic heterocycles. The topological polar surface area (TPSA) is 386 Å². The van der Waals surface area contributed by atoms with E-state index < -0.39 is 21.8 Å². The predicted octanol–water partition coefficient (Wildman–Crippen LogP) is 24.5. The van der Waals surface area contributed by atoms with E-state index in [4.69, 9.17) is 71.7 Å². The SMILES string of the molecule is CCCCc1nc2ccc(C)cc2o1.CCCCc1nc2ccc(CBr)cc2o1.CCCCc1nc2ccc(CO)cc2o1.CCCCc1nc2ccc(COC(C)=O)cc2o1.CCCCc1nc2ccc(COC/C(=C/F)CN)cc2o1.CCCCc1nc2ccc(COC/C(=C/F)CNC(=O)OC(C)(C)C)cc2o1.Cc1ccc(N)c(O)c1.Cc1ccc(S(=O)(=O)O)cc1. The molecular formula is C101H128BrF2N9O17S. The summed E-state index contributed by atoms with van der Waals surface area (Å²) < 4.78 is 110. The molecule has 0 aliphatic rings. The second kappa shape index (κ2) is 56.3. The van der Waals surface area contributed by atoms with Gasteiger partial charge in [-0.25, -0.2) is 43.5 Å². The number of amides is 1. The summed E-state index contributed by atoms with van der Waals surface area (Å²) in [4.78, 5) is 48.9. The quantitative estimate of drug-likeness (QED) is 0.00717. The van der Waals surface area contributed by atoms with Crippen molar-refractivity contribution in [3.05, 3.63) is 255 Å². The Kier molecular flexibility index (Phi) is 45.8. The fourth-order valence-corrected chi connectivity index (χ4v) is 13.0. The Morgan fingerprint density at radius 2 is 0.786 bits per heavy atom. The number of carbonyl (C=O) groups is 2. The maximum Gasteiger partial charge on any atom is 0.407 e. The van der Waals surface area contributed by atoms with Crippen molar-refractivity contribution in [2.45, 2.75) is 248 Å². The molecule has 0 unspecified atom stereocenters. The molecule has 0 fully saturated rings. The molecule has 131 heavy (non-hydrogen) atoms. The molecule has 0 saturated carbocycles. The Hall–Kier alpha value is -11.5. The molecule has 14 rings (SSSR count). The lowest BCUT2D eigenvalue weighted by atomic mass is 10.2. The number of benzene rings is 8. The number of carbonyl (C=O) groups excluding carboxylic acids is 2. The summed E-state index contributed by atoms with van der Waals surface area (Å²) in [7, 11) is -4.02. The number of fused-ring (bicyclic) bond motifs is 6. The molecular weight excluding hydrogens is 1760 g/mol. The van der Waals surface area contributed by atoms with Crippen molar-refractivity contribution in [1.29, 1.82) is 0 Å². The predicted molar refractivity (Wildman–Crippen MR) is 514 cm³/mol. The Balaban J connectivity index is 0.000000209. The molecule has 0 atom stereocenters. The summed E-state index contributed by atoms with van der Waals surface area (Å²) in [6.45, 7) is 26.8. The number of aliphatic hydroxyl groups excluding tert-OH is 1. The zero-order valence-corrected chi connectivity index (χ0v) is 80.0. The third kappa shape index (κ3) is 38.5. The molecule has 0 saturated heterocycles. The highest BCUT2D eigenvalue weighted by Crippen LogP contribution is 2.27. The Morgan fingerprint density at radius 3 is 1.11 bits per heavy atom. The number of hydrogen-bond donors (Lipinski definition) is 6. The van der Waals surface area contributed by atoms with E-state index in [1.165, 1.54) is 43.0 Å². The molecule has 14 aromatic rings. The van der Waals surface area contributed by atoms with Crippen LogP contribution in [-0.2, 0) is 104 Å². The van der Waals surface area contributed by atoms with Crippen molar-refractivity contribution in [3.8, 4) is 5.75 Å². The number of nitrogens with two attached hydrogens (primary N) is 2. The molecule has 0 spiro atoms. The third-order valence-electron chi connectivity index (χ3n) is 19.4. The summed E-state index contributed by atoms with van der Waals surface area (Å²) in [6.07, 6.45) is 19.1. The van der Waals surface area contributed by atoms with E-state index in [1.54, 1.807) is 45.0 Å². The van der Waals surface area contributed by atoms with Gasteiger partial charge in [0.05, 0.1) is 56.3 Å². The van der Waals surface area contributed by atoms with Crippen LogP contribution in [0.2, 0.25) is 0 Å². The number of nitrogen functional groups attached to an aromatic ring is 1. The molecule has 0 bridgehead atoms. The molecule has 0 aliphatic heterocycles. The number of rotatable bonds is 34. The number of nitrogens with one attached hydrogen (secondary N) is 1. The highest BCUT2D eigenvalue weighted by atomic mass is 79.9. The Morgan fingerprint density at radius 1 is 0.466 bits per heavy atom. The number of anilines is 1. The summed E-state index contributed by atoms with van der Waals surface area (Å²) in [5.74, 6) is 4.69. The van der Waals surface area contributed by atoms with Crippen LogP contribution in [-0.4, -0.2) is 97.1 Å². The number of aromatic hydroxyl groups is 1. The number of aliphatic hydroxyl groups is 1. The molecule has 8 aromatic carbocycles. The van der Waals surface area contributed by atoms with Crippen molar-refractivity contribution >= 4 is 110 Å². The number of phenols is 1. The Labute approximate surface area is 774 Å². The van der Waals surface area contributed by atoms with Crippen LogP contribution in [0, 0.1) is 20.8 Å². The van der Waals surface area contributed by atoms with E-state index >= 15 is 0 Å². The number of aryl methyl sites for hydroxylation is 9. The van der Waals surface area contributed by atoms with Crippen LogP contribution in [0.3, 0.4) is 0 Å². The van der Waals surface area contributed by atoms with E-state index in [0.29, 0.717) is 42.7 Å². The number of unbranched alkanes of at least 4 members (excludes halogenated alkanes) is 6. The second-order valence-electron chi connectivity index (χ2n) is 32.3.